The van der Waals surface area contributed by atoms with Gasteiger partial charge in [-0.05, 0) is 21.0 Å². The summed E-state index contributed by atoms with van der Waals surface area (Å²) in [6.07, 6.45) is 0. The van der Waals surface area contributed by atoms with E-state index >= 15 is 0 Å². The zero-order valence-electron chi connectivity index (χ0n) is 12.1. The summed E-state index contributed by atoms with van der Waals surface area (Å²) in [7, 11) is 4.23. The van der Waals surface area contributed by atoms with Crippen molar-refractivity contribution in [2.24, 2.45) is 0 Å². The summed E-state index contributed by atoms with van der Waals surface area (Å²) in [6.45, 7) is 8.36. The second-order valence-electron chi connectivity index (χ2n) is 5.36. The molecule has 0 bridgehead atoms. The van der Waals surface area contributed by atoms with Crippen LogP contribution in [0.15, 0.2) is 6.07 Å². The Balaban J connectivity index is 1.89. The molecule has 2 rings (SSSR count). The zero-order valence-corrected chi connectivity index (χ0v) is 12.1. The molecular formula is C13H24N6. The smallest absolute Gasteiger partial charge is 0.222 e. The van der Waals surface area contributed by atoms with Crippen LogP contribution in [0.25, 0.3) is 0 Å². The Bertz CT molecular complexity index is 391. The minimum absolute atomic E-state index is 0.366. The molecule has 6 nitrogen and oxygen atoms in total. The first-order chi connectivity index (χ1) is 9.04. The van der Waals surface area contributed by atoms with Crippen molar-refractivity contribution < 1.29 is 0 Å². The van der Waals surface area contributed by atoms with Crippen molar-refractivity contribution in [3.05, 3.63) is 11.8 Å². The molecular weight excluding hydrogens is 240 g/mol. The van der Waals surface area contributed by atoms with Crippen molar-refractivity contribution in [1.29, 1.82) is 0 Å². The van der Waals surface area contributed by atoms with E-state index in [2.05, 4.69) is 38.8 Å². The van der Waals surface area contributed by atoms with E-state index in [1.807, 2.05) is 13.0 Å². The van der Waals surface area contributed by atoms with Crippen LogP contribution in [0.1, 0.15) is 5.69 Å². The number of nitrogens with two attached hydrogens (primary N) is 1. The topological polar surface area (TPSA) is 61.5 Å². The summed E-state index contributed by atoms with van der Waals surface area (Å²) < 4.78 is 0. The summed E-state index contributed by atoms with van der Waals surface area (Å²) in [5.41, 5.74) is 6.64. The number of anilines is 2. The molecule has 2 N–H and O–H groups in total. The van der Waals surface area contributed by atoms with E-state index in [0.29, 0.717) is 5.95 Å². The third kappa shape index (κ3) is 4.04. The van der Waals surface area contributed by atoms with Gasteiger partial charge in [-0.15, -0.1) is 0 Å². The Morgan fingerprint density at radius 3 is 2.47 bits per heavy atom. The van der Waals surface area contributed by atoms with Crippen LogP contribution in [-0.2, 0) is 0 Å². The molecule has 0 spiro atoms. The number of hydrogen-bond acceptors (Lipinski definition) is 6. The number of hydrogen-bond donors (Lipinski definition) is 1. The standard InChI is InChI=1S/C13H24N6/c1-11-10-12(16-13(14)15-11)19-8-6-18(7-9-19)5-4-17(2)3/h10H,4-9H2,1-3H3,(H2,14,15,16). The van der Waals surface area contributed by atoms with E-state index in [1.54, 1.807) is 0 Å². The van der Waals surface area contributed by atoms with E-state index in [0.717, 1.165) is 50.8 Å². The molecule has 1 saturated heterocycles. The predicted octanol–water partition coefficient (Wildman–Crippen LogP) is 0.0508. The molecule has 2 heterocycles. The Hall–Kier alpha value is -1.40. The molecule has 1 aliphatic heterocycles. The highest BCUT2D eigenvalue weighted by atomic mass is 15.3. The number of aryl methyl sites for hydroxylation is 1. The van der Waals surface area contributed by atoms with Crippen molar-refractivity contribution in [2.75, 3.05) is 64.0 Å². The molecule has 0 aliphatic carbocycles. The van der Waals surface area contributed by atoms with Crippen molar-refractivity contribution in [3.8, 4) is 0 Å². The Morgan fingerprint density at radius 1 is 1.21 bits per heavy atom. The van der Waals surface area contributed by atoms with Gasteiger partial charge >= 0.3 is 0 Å². The van der Waals surface area contributed by atoms with Gasteiger partial charge in [-0.2, -0.15) is 4.98 Å². The van der Waals surface area contributed by atoms with Crippen LogP contribution >= 0.6 is 0 Å². The molecule has 0 saturated carbocycles. The molecule has 6 heteroatoms. The number of likely N-dealkylation sites (N-methyl/N-ethyl adjacent to an activating group) is 1. The van der Waals surface area contributed by atoms with Gasteiger partial charge in [0.05, 0.1) is 0 Å². The van der Waals surface area contributed by atoms with Crippen LogP contribution in [-0.4, -0.2) is 73.1 Å². The maximum Gasteiger partial charge on any atom is 0.222 e. The lowest BCUT2D eigenvalue weighted by atomic mass is 10.3. The average Bonchev–Trinajstić information content (AvgIpc) is 2.36. The minimum Gasteiger partial charge on any atom is -0.368 e. The summed E-state index contributed by atoms with van der Waals surface area (Å²) in [4.78, 5) is 15.4. The Kier molecular flexibility index (Phi) is 4.55. The normalized spacial score (nSPS) is 17.2. The lowest BCUT2D eigenvalue weighted by Crippen LogP contribution is -2.48. The molecule has 1 aromatic rings. The number of nitrogen functional groups attached to an aromatic ring is 1. The molecule has 1 aliphatic rings. The van der Waals surface area contributed by atoms with Crippen LogP contribution in [0.2, 0.25) is 0 Å². The predicted molar refractivity (Wildman–Crippen MR) is 78.4 cm³/mol. The van der Waals surface area contributed by atoms with E-state index in [4.69, 9.17) is 5.73 Å². The van der Waals surface area contributed by atoms with Gasteiger partial charge in [0.15, 0.2) is 0 Å². The van der Waals surface area contributed by atoms with Gasteiger partial charge in [0.2, 0.25) is 5.95 Å². The molecule has 0 atom stereocenters. The molecule has 0 unspecified atom stereocenters. The highest BCUT2D eigenvalue weighted by Crippen LogP contribution is 2.15. The van der Waals surface area contributed by atoms with Crippen LogP contribution in [0, 0.1) is 6.92 Å². The van der Waals surface area contributed by atoms with E-state index in [-0.39, 0.29) is 0 Å². The van der Waals surface area contributed by atoms with Crippen LogP contribution in [0.4, 0.5) is 11.8 Å². The molecule has 19 heavy (non-hydrogen) atoms. The number of rotatable bonds is 4. The van der Waals surface area contributed by atoms with Gasteiger partial charge in [0.1, 0.15) is 5.82 Å². The largest absolute Gasteiger partial charge is 0.368 e. The number of piperazine rings is 1. The first-order valence-electron chi connectivity index (χ1n) is 6.78. The van der Waals surface area contributed by atoms with E-state index in [1.165, 1.54) is 0 Å². The lowest BCUT2D eigenvalue weighted by Gasteiger charge is -2.35. The highest BCUT2D eigenvalue weighted by molar-refractivity contribution is 5.43. The minimum atomic E-state index is 0.366. The molecule has 1 aromatic heterocycles. The van der Waals surface area contributed by atoms with Gasteiger partial charge in [-0.3, -0.25) is 4.90 Å². The number of aromatic nitrogens is 2. The van der Waals surface area contributed by atoms with Crippen molar-refractivity contribution in [3.63, 3.8) is 0 Å². The first-order valence-corrected chi connectivity index (χ1v) is 6.78. The lowest BCUT2D eigenvalue weighted by molar-refractivity contribution is 0.229. The van der Waals surface area contributed by atoms with Gasteiger partial charge in [-0.1, -0.05) is 0 Å². The van der Waals surface area contributed by atoms with Gasteiger partial charge in [-0.25, -0.2) is 4.98 Å². The van der Waals surface area contributed by atoms with Crippen molar-refractivity contribution in [1.82, 2.24) is 19.8 Å². The second kappa shape index (κ2) is 6.16. The van der Waals surface area contributed by atoms with Gasteiger partial charge in [0.25, 0.3) is 0 Å². The van der Waals surface area contributed by atoms with E-state index < -0.39 is 0 Å². The van der Waals surface area contributed by atoms with Gasteiger partial charge < -0.3 is 15.5 Å². The fourth-order valence-electron chi connectivity index (χ4n) is 2.28. The molecule has 0 aromatic carbocycles. The first kappa shape index (κ1) is 14.0. The molecule has 1 fully saturated rings. The maximum atomic E-state index is 5.71. The van der Waals surface area contributed by atoms with Crippen molar-refractivity contribution in [2.45, 2.75) is 6.92 Å². The zero-order chi connectivity index (χ0) is 13.8. The summed E-state index contributed by atoms with van der Waals surface area (Å²) in [5, 5.41) is 0. The molecule has 106 valence electrons. The highest BCUT2D eigenvalue weighted by Gasteiger charge is 2.18. The second-order valence-corrected chi connectivity index (χ2v) is 5.36. The molecule has 0 radical (unpaired) electrons. The van der Waals surface area contributed by atoms with E-state index in [9.17, 15) is 0 Å². The third-order valence-electron chi connectivity index (χ3n) is 3.42. The van der Waals surface area contributed by atoms with Crippen LogP contribution in [0.3, 0.4) is 0 Å². The maximum absolute atomic E-state index is 5.71. The fourth-order valence-corrected chi connectivity index (χ4v) is 2.28. The quantitative estimate of drug-likeness (QED) is 0.829. The average molecular weight is 264 g/mol. The summed E-state index contributed by atoms with van der Waals surface area (Å²) in [6, 6.07) is 2.01. The van der Waals surface area contributed by atoms with Crippen LogP contribution in [0.5, 0.6) is 0 Å². The third-order valence-corrected chi connectivity index (χ3v) is 3.42. The van der Waals surface area contributed by atoms with Gasteiger partial charge in [0, 0.05) is 51.0 Å². The summed E-state index contributed by atoms with van der Waals surface area (Å²) >= 11 is 0. The number of nitrogens with zero attached hydrogens (tertiary/aromatic N) is 5. The Labute approximate surface area is 115 Å². The van der Waals surface area contributed by atoms with Crippen LogP contribution < -0.4 is 10.6 Å². The summed E-state index contributed by atoms with van der Waals surface area (Å²) in [5.74, 6) is 1.32. The SMILES string of the molecule is Cc1cc(N2CCN(CCN(C)C)CC2)nc(N)n1. The fraction of sp³-hybridized carbons (Fsp3) is 0.692. The monoisotopic (exact) mass is 264 g/mol. The Morgan fingerprint density at radius 2 is 1.89 bits per heavy atom. The molecule has 0 amide bonds. The van der Waals surface area contributed by atoms with Crippen molar-refractivity contribution >= 4 is 11.8 Å².